The number of thioether (sulfide) groups is 1. The zero-order chi connectivity index (χ0) is 110. The summed E-state index contributed by atoms with van der Waals surface area (Å²) in [6, 6.07) is 93.4. The van der Waals surface area contributed by atoms with Crippen LogP contribution < -0.4 is 26.4 Å². The van der Waals surface area contributed by atoms with E-state index in [0.717, 1.165) is 157 Å². The Morgan fingerprint density at radius 1 is 0.320 bits per heavy atom. The minimum Gasteiger partial charge on any atom is -0.493 e. The predicted molar refractivity (Wildman–Crippen MR) is 644 cm³/mol. The molecule has 0 bridgehead atoms. The Balaban J connectivity index is 0.000000778. The molecule has 19 heteroatoms. The number of fused-ring (bicyclic) bond motifs is 11. The second-order valence-electron chi connectivity index (χ2n) is 42.2. The largest absolute Gasteiger partial charge is 0.493 e. The summed E-state index contributed by atoms with van der Waals surface area (Å²) in [6.07, 6.45) is 8.83. The van der Waals surface area contributed by atoms with Gasteiger partial charge in [0.2, 0.25) is 0 Å². The molecule has 0 radical (unpaired) electrons. The Labute approximate surface area is 894 Å². The summed E-state index contributed by atoms with van der Waals surface area (Å²) >= 11 is 4.89. The van der Waals surface area contributed by atoms with Gasteiger partial charge in [-0.15, -0.1) is 23.1 Å². The molecule has 18 aromatic rings. The number of aryl methyl sites for hydroxylation is 2. The van der Waals surface area contributed by atoms with Gasteiger partial charge in [0.15, 0.2) is 11.4 Å². The van der Waals surface area contributed by atoms with Crippen LogP contribution >= 0.6 is 34.4 Å². The summed E-state index contributed by atoms with van der Waals surface area (Å²) < 4.78 is 26.8. The first kappa shape index (κ1) is 133. The monoisotopic (exact) mass is 2060 g/mol. The van der Waals surface area contributed by atoms with Crippen molar-refractivity contribution < 1.29 is 27.4 Å². The number of oxazole rings is 1. The minimum atomic E-state index is -0.402. The van der Waals surface area contributed by atoms with Gasteiger partial charge in [-0.05, 0) is 236 Å². The van der Waals surface area contributed by atoms with Crippen LogP contribution in [0.4, 0.5) is 5.69 Å². The molecule has 7 aromatic heterocycles. The van der Waals surface area contributed by atoms with Crippen LogP contribution in [-0.4, -0.2) is 54.9 Å². The lowest BCUT2D eigenvalue weighted by atomic mass is 10.1. The number of ketones is 1. The van der Waals surface area contributed by atoms with E-state index in [0.29, 0.717) is 23.4 Å². The molecular formula is C128H181N7O9S3. The number of para-hydroxylation sites is 9. The maximum atomic E-state index is 11.1. The Morgan fingerprint density at radius 3 is 1.23 bits per heavy atom. The smallest absolute Gasteiger partial charge is 0.417 e. The molecule has 0 unspecified atom stereocenters. The summed E-state index contributed by atoms with van der Waals surface area (Å²) in [5.41, 5.74) is 15.1. The van der Waals surface area contributed by atoms with E-state index in [2.05, 4.69) is 377 Å². The fraction of sp³-hybridized carbons (Fsp3) is 0.406. The van der Waals surface area contributed by atoms with Crippen molar-refractivity contribution in [2.75, 3.05) is 24.2 Å². The number of imidazole rings is 1. The standard InChI is InChI=1S/C9H8O.C8H9N.C8H7N.C8H8O.C8H6O.C8H8S.C8H6S.C7H6N2O.C7H5NO2.C7H4O2S.C6H4N2O.11C4H10/c10-9-6-5-7-3-1-2-4-8(7)9;6*1-2-4-8-7(3-1)5-6-9-8;10-7-8-5-3-1-2-4-6(5)9-7;9-7-8-5-3-1-2-4-6(5)10-7;8-7-9-5-3-1-2-4-6(5)10-7;1-2-4-6-5(3-1)7-9-8-6;11*1-4(2)3/h1-4H,5-6H2;1-4,9H,5-6H2;1-6,9H;1-4H,5-6H2;1-6H;1-4H,5-6H2;1-6H;1-4H,(H2,8,9,10);1-4H,(H,8,9);1-4H;1-4H;11*4H,1-3H3. The zero-order valence-corrected chi connectivity index (χ0v) is 97.6. The molecule has 800 valence electrons. The molecule has 22 rings (SSSR count). The minimum absolute atomic E-state index is 0.152. The van der Waals surface area contributed by atoms with Crippen LogP contribution in [0.25, 0.3) is 75.4 Å². The Hall–Kier alpha value is -12.3. The fourth-order valence-corrected chi connectivity index (χ4v) is 13.6. The number of aromatic amines is 4. The molecule has 11 aromatic carbocycles. The van der Waals surface area contributed by atoms with Gasteiger partial charge in [0.1, 0.15) is 27.9 Å². The second-order valence-corrected chi connectivity index (χ2v) is 45.2. The van der Waals surface area contributed by atoms with Gasteiger partial charge in [0.05, 0.1) is 34.1 Å². The number of anilines is 1. The third kappa shape index (κ3) is 68.7. The summed E-state index contributed by atoms with van der Waals surface area (Å²) in [6.45, 7) is 73.5. The highest BCUT2D eigenvalue weighted by Crippen LogP contribution is 2.31. The number of benzene rings is 11. The number of H-pyrrole nitrogens is 4. The van der Waals surface area contributed by atoms with E-state index in [1.807, 2.05) is 182 Å². The van der Waals surface area contributed by atoms with Crippen LogP contribution in [-0.2, 0) is 25.7 Å². The van der Waals surface area contributed by atoms with Gasteiger partial charge in [0, 0.05) is 63.1 Å². The molecule has 4 aliphatic rings. The summed E-state index contributed by atoms with van der Waals surface area (Å²) in [7, 11) is 0. The van der Waals surface area contributed by atoms with E-state index in [-0.39, 0.29) is 10.6 Å². The zero-order valence-electron chi connectivity index (χ0n) is 95.2. The molecule has 0 amide bonds. The molecule has 0 atom stereocenters. The van der Waals surface area contributed by atoms with E-state index in [4.69, 9.17) is 18.0 Å². The number of hydrogen-bond donors (Lipinski definition) is 5. The number of nitrogens with zero attached hydrogens (tertiary/aromatic N) is 2. The van der Waals surface area contributed by atoms with Gasteiger partial charge in [-0.1, -0.05) is 422 Å². The topological polar surface area (TPSA) is 231 Å². The Kier molecular flexibility index (Phi) is 72.1. The summed E-state index contributed by atoms with van der Waals surface area (Å²) in [4.78, 5) is 55.1. The Morgan fingerprint density at radius 2 is 0.741 bits per heavy atom. The SMILES string of the molecule is CC(C)C.CC(C)C.CC(C)C.CC(C)C.CC(C)C.CC(C)C.CC(C)C.CC(C)C.CC(C)C.CC(C)C.CC(C)C.O=C1CCc2ccccc21.O=c1[nH]c2ccccc2[nH]1.O=c1[nH]c2ccccc2o1.O=c1oc2ccccc2s1.c1ccc2[nH]ccc2c1.c1ccc2c(c1)CCN2.c1ccc2c(c1)CCO2.c1ccc2c(c1)CCS2.c1ccc2nonc2c1.c1ccc2occc2c1.c1ccc2sccc2c1. The molecule has 147 heavy (non-hydrogen) atoms. The first-order valence-corrected chi connectivity index (χ1v) is 55.1. The fourth-order valence-electron chi connectivity index (χ4n) is 11.1. The van der Waals surface area contributed by atoms with Crippen molar-refractivity contribution in [3.05, 3.63) is 362 Å². The van der Waals surface area contributed by atoms with Crippen LogP contribution in [0, 0.1) is 65.1 Å². The summed E-state index contributed by atoms with van der Waals surface area (Å²) in [5, 5.41) is 16.5. The van der Waals surface area contributed by atoms with Gasteiger partial charge in [0.25, 0.3) is 0 Å². The van der Waals surface area contributed by atoms with Crippen LogP contribution in [0.15, 0.2) is 340 Å². The van der Waals surface area contributed by atoms with Gasteiger partial charge in [-0.2, -0.15) is 0 Å². The molecule has 0 saturated heterocycles. The van der Waals surface area contributed by atoms with Crippen LogP contribution in [0.5, 0.6) is 5.75 Å². The number of aromatic nitrogens is 6. The first-order valence-electron chi connectivity index (χ1n) is 52.4. The number of carbonyl (C=O) groups is 1. The van der Waals surface area contributed by atoms with Gasteiger partial charge in [-0.3, -0.25) is 9.78 Å². The van der Waals surface area contributed by atoms with Gasteiger partial charge < -0.3 is 38.3 Å². The predicted octanol–water partition coefficient (Wildman–Crippen LogP) is 38.3. The van der Waals surface area contributed by atoms with Crippen molar-refractivity contribution in [3.8, 4) is 5.75 Å². The van der Waals surface area contributed by atoms with Crippen LogP contribution in [0.1, 0.15) is 268 Å². The van der Waals surface area contributed by atoms with Crippen molar-refractivity contribution in [2.24, 2.45) is 65.1 Å². The third-order valence-corrected chi connectivity index (χ3v) is 19.0. The quantitative estimate of drug-likeness (QED) is 0.0952. The molecule has 3 aliphatic heterocycles. The maximum absolute atomic E-state index is 11.1. The van der Waals surface area contributed by atoms with E-state index < -0.39 is 5.76 Å². The van der Waals surface area contributed by atoms with Gasteiger partial charge in [-0.25, -0.2) is 19.0 Å². The van der Waals surface area contributed by atoms with E-state index in [1.54, 1.807) is 35.8 Å². The number of thiophene rings is 1. The maximum Gasteiger partial charge on any atom is 0.417 e. The molecule has 5 N–H and O–H groups in total. The molecule has 10 heterocycles. The Bertz CT molecular complexity index is 5470. The van der Waals surface area contributed by atoms with Crippen molar-refractivity contribution in [3.63, 3.8) is 0 Å². The number of Topliss-reactive ketones (excluding diaryl/α,β-unsaturated/α-hetero) is 1. The summed E-state index contributed by atoms with van der Waals surface area (Å²) in [5.74, 6) is 11.4. The van der Waals surface area contributed by atoms with Crippen molar-refractivity contribution in [2.45, 2.75) is 265 Å². The highest BCUT2D eigenvalue weighted by molar-refractivity contribution is 7.99. The van der Waals surface area contributed by atoms with Crippen molar-refractivity contribution in [1.82, 2.24) is 30.2 Å². The number of rotatable bonds is 0. The lowest BCUT2D eigenvalue weighted by Gasteiger charge is -1.94. The van der Waals surface area contributed by atoms with Crippen LogP contribution in [0.2, 0.25) is 0 Å². The molecule has 16 nitrogen and oxygen atoms in total. The molecule has 0 spiro atoms. The third-order valence-electron chi connectivity index (χ3n) is 16.2. The van der Waals surface area contributed by atoms with Crippen LogP contribution in [0.3, 0.4) is 0 Å². The lowest BCUT2D eigenvalue weighted by molar-refractivity contribution is 0.0994. The average Bonchev–Trinajstić information content (AvgIpc) is 1.72. The first-order chi connectivity index (χ1) is 69.8. The molecule has 0 fully saturated rings. The number of carbonyl (C=O) groups excluding carboxylic acids is 1. The average molecular weight is 2060 g/mol. The highest BCUT2D eigenvalue weighted by Gasteiger charge is 2.18. The molecular weight excluding hydrogens is 1880 g/mol. The molecule has 0 saturated carbocycles. The molecule has 1 aliphatic carbocycles. The number of nitrogens with one attached hydrogen (secondary N) is 5. The number of furan rings is 1. The van der Waals surface area contributed by atoms with Crippen molar-refractivity contribution >= 4 is 121 Å². The van der Waals surface area contributed by atoms with E-state index in [9.17, 15) is 19.2 Å². The van der Waals surface area contributed by atoms with Gasteiger partial charge >= 0.3 is 16.4 Å². The van der Waals surface area contributed by atoms with E-state index in [1.165, 1.54) is 72.4 Å². The lowest BCUT2D eigenvalue weighted by Crippen LogP contribution is -1.99. The number of hydrogen-bond acceptors (Lipinski definition) is 15. The normalized spacial score (nSPS) is 11.1. The number of ether oxygens (including phenoxy) is 1. The van der Waals surface area contributed by atoms with E-state index >= 15 is 0 Å². The highest BCUT2D eigenvalue weighted by atomic mass is 32.2. The van der Waals surface area contributed by atoms with Crippen molar-refractivity contribution in [1.29, 1.82) is 0 Å². The second kappa shape index (κ2) is 79.9.